The predicted molar refractivity (Wildman–Crippen MR) is 199 cm³/mol. The molecule has 1 aliphatic heterocycles. The SMILES string of the molecule is C.C.CC(=O)C=C1OCCOCCC[SiH2]O1.CCCCOCCC(=O)C=C(C)O[Si](CCCOCCOC(=O)CC(C)=O)(OC)OC.COOC. The zero-order chi connectivity index (χ0) is 37.2. The van der Waals surface area contributed by atoms with Crippen molar-refractivity contribution in [2.24, 2.45) is 0 Å². The van der Waals surface area contributed by atoms with Crippen LogP contribution in [-0.4, -0.2) is 123 Å². The van der Waals surface area contributed by atoms with Gasteiger partial charge in [0, 0.05) is 52.6 Å². The Morgan fingerprint density at radius 3 is 2.08 bits per heavy atom. The third kappa shape index (κ3) is 37.1. The van der Waals surface area contributed by atoms with Crippen molar-refractivity contribution in [3.8, 4) is 0 Å². The van der Waals surface area contributed by atoms with Crippen molar-refractivity contribution in [3.63, 3.8) is 0 Å². The monoisotopic (exact) mass is 772 g/mol. The van der Waals surface area contributed by atoms with E-state index in [0.717, 1.165) is 31.9 Å². The predicted octanol–water partition coefficient (Wildman–Crippen LogP) is 4.68. The lowest BCUT2D eigenvalue weighted by Crippen LogP contribution is -2.43. The number of rotatable bonds is 22. The van der Waals surface area contributed by atoms with Gasteiger partial charge in [0.2, 0.25) is 9.76 Å². The van der Waals surface area contributed by atoms with E-state index in [2.05, 4.69) is 16.7 Å². The number of ketones is 3. The van der Waals surface area contributed by atoms with Crippen LogP contribution < -0.4 is 0 Å². The summed E-state index contributed by atoms with van der Waals surface area (Å²) >= 11 is 0. The zero-order valence-electron chi connectivity index (χ0n) is 30.8. The molecule has 1 rings (SSSR count). The van der Waals surface area contributed by atoms with Crippen LogP contribution in [-0.2, 0) is 70.3 Å². The second kappa shape index (κ2) is 38.7. The largest absolute Gasteiger partial charge is 0.565 e. The van der Waals surface area contributed by atoms with E-state index in [1.165, 1.54) is 54.4 Å². The first-order chi connectivity index (χ1) is 23.5. The fraction of sp³-hybridized carbons (Fsp3) is 0.765. The third-order valence-electron chi connectivity index (χ3n) is 5.98. The number of hydrogen-bond acceptors (Lipinski definition) is 15. The molecule has 1 saturated heterocycles. The van der Waals surface area contributed by atoms with Crippen LogP contribution >= 0.6 is 0 Å². The van der Waals surface area contributed by atoms with E-state index in [0.29, 0.717) is 63.6 Å². The molecule has 0 N–H and O–H groups in total. The summed E-state index contributed by atoms with van der Waals surface area (Å²) in [6, 6.07) is 1.54. The van der Waals surface area contributed by atoms with E-state index in [4.69, 9.17) is 41.4 Å². The highest BCUT2D eigenvalue weighted by atomic mass is 28.4. The second-order valence-electron chi connectivity index (χ2n) is 10.4. The number of carbonyl (C=O) groups is 4. The smallest absolute Gasteiger partial charge is 0.525 e. The summed E-state index contributed by atoms with van der Waals surface area (Å²) in [5.74, 6) is -0.114. The number of Topliss-reactive ketones (excluding diaryl/α,β-unsaturated/α-hetero) is 1. The van der Waals surface area contributed by atoms with E-state index in [9.17, 15) is 19.2 Å². The maximum Gasteiger partial charge on any atom is 0.565 e. The van der Waals surface area contributed by atoms with Gasteiger partial charge >= 0.3 is 14.8 Å². The Kier molecular flexibility index (Phi) is 42.0. The summed E-state index contributed by atoms with van der Waals surface area (Å²) in [6.45, 7) is 10.1. The molecule has 0 atom stereocenters. The van der Waals surface area contributed by atoms with E-state index in [-0.39, 0.29) is 51.8 Å². The zero-order valence-corrected chi connectivity index (χ0v) is 33.2. The average Bonchev–Trinajstić information content (AvgIpc) is 3.06. The first-order valence-corrected chi connectivity index (χ1v) is 19.9. The topological polar surface area (TPSA) is 170 Å². The average molecular weight is 773 g/mol. The minimum absolute atomic E-state index is 0. The van der Waals surface area contributed by atoms with Crippen molar-refractivity contribution in [1.29, 1.82) is 0 Å². The molecule has 0 unspecified atom stereocenters. The molecule has 0 aliphatic carbocycles. The van der Waals surface area contributed by atoms with Crippen LogP contribution in [0.5, 0.6) is 0 Å². The molecule has 0 radical (unpaired) electrons. The molecule has 0 aromatic heterocycles. The molecule has 15 nitrogen and oxygen atoms in total. The first kappa shape index (κ1) is 55.3. The Balaban J connectivity index is -0.000000456. The van der Waals surface area contributed by atoms with Gasteiger partial charge < -0.3 is 41.4 Å². The summed E-state index contributed by atoms with van der Waals surface area (Å²) in [5.41, 5.74) is 0. The highest BCUT2D eigenvalue weighted by molar-refractivity contribution is 6.60. The lowest BCUT2D eigenvalue weighted by atomic mass is 10.2. The molecular formula is C34H68O15Si2. The van der Waals surface area contributed by atoms with Gasteiger partial charge in [-0.2, -0.15) is 0 Å². The maximum absolute atomic E-state index is 12.0. The van der Waals surface area contributed by atoms with Crippen LogP contribution in [0.15, 0.2) is 23.9 Å². The minimum atomic E-state index is -2.98. The number of esters is 1. The molecule has 1 fully saturated rings. The van der Waals surface area contributed by atoms with Crippen LogP contribution in [0.25, 0.3) is 0 Å². The van der Waals surface area contributed by atoms with E-state index >= 15 is 0 Å². The fourth-order valence-corrected chi connectivity index (χ4v) is 6.44. The van der Waals surface area contributed by atoms with Crippen molar-refractivity contribution in [2.45, 2.75) is 93.2 Å². The van der Waals surface area contributed by atoms with Gasteiger partial charge in [0.15, 0.2) is 11.6 Å². The summed E-state index contributed by atoms with van der Waals surface area (Å²) in [5, 5.41) is 0. The van der Waals surface area contributed by atoms with Crippen molar-refractivity contribution >= 4 is 41.9 Å². The molecule has 0 bridgehead atoms. The van der Waals surface area contributed by atoms with Crippen LogP contribution in [0.1, 0.15) is 81.1 Å². The normalized spacial score (nSPS) is 14.4. The van der Waals surface area contributed by atoms with Crippen LogP contribution in [0.4, 0.5) is 0 Å². The number of carbonyl (C=O) groups excluding carboxylic acids is 4. The van der Waals surface area contributed by atoms with Gasteiger partial charge in [0.05, 0.1) is 45.9 Å². The van der Waals surface area contributed by atoms with Gasteiger partial charge in [-0.3, -0.25) is 19.2 Å². The molecule has 302 valence electrons. The summed E-state index contributed by atoms with van der Waals surface area (Å²) in [7, 11) is 2.36. The van der Waals surface area contributed by atoms with Crippen molar-refractivity contribution in [3.05, 3.63) is 23.9 Å². The van der Waals surface area contributed by atoms with Crippen molar-refractivity contribution in [1.82, 2.24) is 0 Å². The van der Waals surface area contributed by atoms with E-state index in [1.807, 2.05) is 0 Å². The van der Waals surface area contributed by atoms with Gasteiger partial charge in [-0.15, -0.1) is 0 Å². The van der Waals surface area contributed by atoms with E-state index in [1.54, 1.807) is 6.92 Å². The lowest BCUT2D eigenvalue weighted by molar-refractivity contribution is -0.248. The van der Waals surface area contributed by atoms with Crippen LogP contribution in [0, 0.1) is 0 Å². The van der Waals surface area contributed by atoms with Crippen molar-refractivity contribution < 1.29 is 70.3 Å². The number of ether oxygens (including phenoxy) is 5. The molecule has 0 saturated carbocycles. The summed E-state index contributed by atoms with van der Waals surface area (Å²) in [4.78, 5) is 53.0. The number of unbranched alkanes of at least 4 members (excludes halogenated alkanes) is 1. The van der Waals surface area contributed by atoms with Crippen LogP contribution in [0.3, 0.4) is 0 Å². The Bertz CT molecular complexity index is 927. The molecule has 0 aromatic rings. The third-order valence-corrected chi connectivity index (χ3v) is 10.1. The lowest BCUT2D eigenvalue weighted by Gasteiger charge is -2.27. The molecular weight excluding hydrogens is 705 g/mol. The minimum Gasteiger partial charge on any atom is -0.525 e. The highest BCUT2D eigenvalue weighted by Crippen LogP contribution is 2.20. The molecule has 0 spiro atoms. The summed E-state index contributed by atoms with van der Waals surface area (Å²) < 4.78 is 48.6. The summed E-state index contributed by atoms with van der Waals surface area (Å²) in [6.07, 6.45) is 6.58. The van der Waals surface area contributed by atoms with Gasteiger partial charge in [0.1, 0.15) is 25.4 Å². The molecule has 17 heteroatoms. The van der Waals surface area contributed by atoms with Gasteiger partial charge in [-0.1, -0.05) is 28.2 Å². The fourth-order valence-electron chi connectivity index (χ4n) is 3.55. The molecule has 0 aromatic carbocycles. The van der Waals surface area contributed by atoms with Gasteiger partial charge in [0.25, 0.3) is 5.95 Å². The molecule has 0 amide bonds. The number of allylic oxidation sites excluding steroid dienone is 3. The second-order valence-corrected chi connectivity index (χ2v) is 14.7. The Labute approximate surface area is 310 Å². The molecule has 1 heterocycles. The Morgan fingerprint density at radius 2 is 1.49 bits per heavy atom. The molecule has 1 aliphatic rings. The molecule has 51 heavy (non-hydrogen) atoms. The quantitative estimate of drug-likeness (QED) is 0.0217. The first-order valence-electron chi connectivity index (χ1n) is 16.4. The van der Waals surface area contributed by atoms with Gasteiger partial charge in [-0.25, -0.2) is 9.78 Å². The Morgan fingerprint density at radius 1 is 0.843 bits per heavy atom. The van der Waals surface area contributed by atoms with Gasteiger partial charge in [-0.05, 0) is 46.1 Å². The number of hydrogen-bond donors (Lipinski definition) is 0. The van der Waals surface area contributed by atoms with Crippen LogP contribution in [0.2, 0.25) is 12.1 Å². The van der Waals surface area contributed by atoms with E-state index < -0.39 is 24.5 Å². The van der Waals surface area contributed by atoms with Crippen molar-refractivity contribution in [2.75, 3.05) is 81.3 Å². The highest BCUT2D eigenvalue weighted by Gasteiger charge is 2.41. The standard InChI is InChI=1S/C21H38O9Si.C9H16O4Si.C2H6O2.2CH4/c1-6-7-10-27-12-9-20(23)17-19(3)30-31(25-4,26-5)15-8-11-28-13-14-29-21(24)16-18(2)22;1-8(10)7-9-12-5-4-11-3-2-6-14-13-9;1-3-4-2;;/h17H,6-16H2,1-5H3;7H,2-6,14H2,1H3;1-2H3;2*1H4. The Hall–Kier alpha value is -2.49. The maximum atomic E-state index is 12.0.